The Morgan fingerprint density at radius 1 is 1.32 bits per heavy atom. The van der Waals surface area contributed by atoms with Crippen molar-refractivity contribution in [2.45, 2.75) is 88.6 Å². The van der Waals surface area contributed by atoms with Crippen LogP contribution in [0, 0.1) is 11.7 Å². The van der Waals surface area contributed by atoms with Gasteiger partial charge in [-0.25, -0.2) is 36.7 Å². The minimum Gasteiger partial charge on any atom is -0.447 e. The molecule has 3 aliphatic rings. The number of carbonyl (C=O) groups is 1. The third-order valence-electron chi connectivity index (χ3n) is 7.17. The van der Waals surface area contributed by atoms with Gasteiger partial charge in [-0.15, -0.1) is 0 Å². The lowest BCUT2D eigenvalue weighted by Gasteiger charge is -2.33. The fourth-order valence-electron chi connectivity index (χ4n) is 5.51. The Labute approximate surface area is 198 Å². The van der Waals surface area contributed by atoms with Gasteiger partial charge in [0.2, 0.25) is 16.0 Å². The van der Waals surface area contributed by atoms with E-state index in [-0.39, 0.29) is 30.3 Å². The third-order valence-corrected chi connectivity index (χ3v) is 8.12. The van der Waals surface area contributed by atoms with E-state index in [2.05, 4.69) is 14.7 Å². The number of aromatic nitrogens is 2. The topological polar surface area (TPSA) is 111 Å². The maximum absolute atomic E-state index is 13.2. The highest BCUT2D eigenvalue weighted by atomic mass is 32.2. The first-order valence-electron chi connectivity index (χ1n) is 11.7. The average molecular weight is 503 g/mol. The number of ether oxygens (including phenoxy) is 2. The molecule has 0 radical (unpaired) electrons. The van der Waals surface area contributed by atoms with Crippen molar-refractivity contribution in [2.24, 2.45) is 5.92 Å². The van der Waals surface area contributed by atoms with E-state index in [1.807, 2.05) is 0 Å². The predicted octanol–water partition coefficient (Wildman–Crippen LogP) is 2.67. The minimum absolute atomic E-state index is 0.0709. The predicted molar refractivity (Wildman–Crippen MR) is 119 cm³/mol. The average Bonchev–Trinajstić information content (AvgIpc) is 3.42. The molecule has 0 bridgehead atoms. The van der Waals surface area contributed by atoms with Crippen molar-refractivity contribution in [3.05, 3.63) is 24.0 Å². The van der Waals surface area contributed by atoms with Crippen LogP contribution in [0.25, 0.3) is 0 Å². The van der Waals surface area contributed by atoms with E-state index in [1.54, 1.807) is 20.8 Å². The summed E-state index contributed by atoms with van der Waals surface area (Å²) in [5.41, 5.74) is -0.123. The van der Waals surface area contributed by atoms with Crippen molar-refractivity contribution >= 4 is 16.1 Å². The molecule has 3 fully saturated rings. The molecule has 1 aromatic heterocycles. The molecule has 0 aromatic carbocycles. The van der Waals surface area contributed by atoms with Crippen molar-refractivity contribution in [3.8, 4) is 0 Å². The van der Waals surface area contributed by atoms with E-state index in [0.29, 0.717) is 18.2 Å². The van der Waals surface area contributed by atoms with Crippen LogP contribution in [0.4, 0.5) is 13.6 Å². The first kappa shape index (κ1) is 25.2. The number of amides is 1. The Bertz CT molecular complexity index is 996. The third kappa shape index (κ3) is 5.18. The van der Waals surface area contributed by atoms with Crippen LogP contribution in [-0.2, 0) is 24.9 Å². The zero-order chi connectivity index (χ0) is 24.7. The Morgan fingerprint density at radius 3 is 2.65 bits per heavy atom. The van der Waals surface area contributed by atoms with E-state index >= 15 is 0 Å². The quantitative estimate of drug-likeness (QED) is 0.582. The van der Waals surface area contributed by atoms with Gasteiger partial charge in [0.15, 0.2) is 5.82 Å². The molecule has 1 aliphatic heterocycles. The second-order valence-electron chi connectivity index (χ2n) is 9.95. The SMILES string of the molecule is CC(C)OC(=O)N1[C@H](C)C[C@H](NS(=O)(=O)CF)[C@@H]1CO[C@@H]1CC[C@]2(c3ncc(F)cn3)C[C@@H]2C1. The maximum atomic E-state index is 13.2. The van der Waals surface area contributed by atoms with E-state index in [1.165, 1.54) is 17.3 Å². The van der Waals surface area contributed by atoms with Crippen LogP contribution in [0.1, 0.15) is 58.7 Å². The summed E-state index contributed by atoms with van der Waals surface area (Å²) < 4.78 is 63.9. The van der Waals surface area contributed by atoms with Gasteiger partial charge in [0.1, 0.15) is 5.82 Å². The summed E-state index contributed by atoms with van der Waals surface area (Å²) in [6.45, 7) is 5.39. The fraction of sp³-hybridized carbons (Fsp3) is 0.773. The van der Waals surface area contributed by atoms with Crippen LogP contribution in [0.2, 0.25) is 0 Å². The normalized spacial score (nSPS) is 33.1. The van der Waals surface area contributed by atoms with Gasteiger partial charge in [-0.2, -0.15) is 0 Å². The molecule has 0 spiro atoms. The summed E-state index contributed by atoms with van der Waals surface area (Å²) in [5, 5.41) is 0. The van der Waals surface area contributed by atoms with Gasteiger partial charge < -0.3 is 9.47 Å². The van der Waals surface area contributed by atoms with Gasteiger partial charge in [0.05, 0.1) is 37.3 Å². The molecule has 4 rings (SSSR count). The molecule has 1 amide bonds. The van der Waals surface area contributed by atoms with Crippen LogP contribution >= 0.6 is 0 Å². The number of nitrogens with zero attached hydrogens (tertiary/aromatic N) is 3. The van der Waals surface area contributed by atoms with Crippen LogP contribution in [0.3, 0.4) is 0 Å². The first-order chi connectivity index (χ1) is 16.0. The first-order valence-corrected chi connectivity index (χ1v) is 13.3. The van der Waals surface area contributed by atoms with Gasteiger partial charge in [0, 0.05) is 17.5 Å². The van der Waals surface area contributed by atoms with E-state index in [0.717, 1.165) is 25.7 Å². The largest absolute Gasteiger partial charge is 0.447 e. The van der Waals surface area contributed by atoms with Crippen molar-refractivity contribution in [1.82, 2.24) is 19.6 Å². The number of rotatable bonds is 8. The molecule has 9 nitrogen and oxygen atoms in total. The Morgan fingerprint density at radius 2 is 2.03 bits per heavy atom. The molecule has 2 heterocycles. The minimum atomic E-state index is -4.11. The number of halogens is 2. The van der Waals surface area contributed by atoms with Crippen LogP contribution < -0.4 is 4.72 Å². The summed E-state index contributed by atoms with van der Waals surface area (Å²) in [6, 6.07) is -3.12. The van der Waals surface area contributed by atoms with Crippen molar-refractivity contribution in [2.75, 3.05) is 12.6 Å². The number of alkyl halides is 1. The van der Waals surface area contributed by atoms with Crippen LogP contribution in [-0.4, -0.2) is 72.3 Å². The van der Waals surface area contributed by atoms with E-state index in [9.17, 15) is 22.0 Å². The molecular formula is C22H32F2N4O5S. The summed E-state index contributed by atoms with van der Waals surface area (Å²) in [5.74, 6) is 0.547. The lowest BCUT2D eigenvalue weighted by Crippen LogP contribution is -2.51. The highest BCUT2D eigenvalue weighted by Gasteiger charge is 2.60. The number of sulfonamides is 1. The van der Waals surface area contributed by atoms with Gasteiger partial charge in [-0.3, -0.25) is 4.90 Å². The van der Waals surface area contributed by atoms with Gasteiger partial charge in [-0.05, 0) is 58.8 Å². The van der Waals surface area contributed by atoms with E-state index < -0.39 is 40.0 Å². The maximum Gasteiger partial charge on any atom is 0.410 e. The Hall–Kier alpha value is -1.92. The molecule has 2 aliphatic carbocycles. The molecule has 6 atom stereocenters. The van der Waals surface area contributed by atoms with Gasteiger partial charge in [-0.1, -0.05) is 0 Å². The lowest BCUT2D eigenvalue weighted by atomic mass is 9.86. The van der Waals surface area contributed by atoms with Gasteiger partial charge in [0.25, 0.3) is 0 Å². The molecule has 12 heteroatoms. The monoisotopic (exact) mass is 502 g/mol. The summed E-state index contributed by atoms with van der Waals surface area (Å²) in [4.78, 5) is 22.6. The molecule has 34 heavy (non-hydrogen) atoms. The number of nitrogens with one attached hydrogen (secondary N) is 1. The van der Waals surface area contributed by atoms with Crippen LogP contribution in [0.5, 0.6) is 0 Å². The highest BCUT2D eigenvalue weighted by Crippen LogP contribution is 2.61. The Kier molecular flexibility index (Phi) is 7.12. The molecule has 1 saturated heterocycles. The van der Waals surface area contributed by atoms with Crippen LogP contribution in [0.15, 0.2) is 12.4 Å². The zero-order valence-corrected chi connectivity index (χ0v) is 20.4. The number of hydrogen-bond donors (Lipinski definition) is 1. The van der Waals surface area contributed by atoms with Crippen molar-refractivity contribution < 1.29 is 31.5 Å². The van der Waals surface area contributed by atoms with Crippen molar-refractivity contribution in [1.29, 1.82) is 0 Å². The van der Waals surface area contributed by atoms with Crippen molar-refractivity contribution in [3.63, 3.8) is 0 Å². The van der Waals surface area contributed by atoms with E-state index in [4.69, 9.17) is 9.47 Å². The summed E-state index contributed by atoms with van der Waals surface area (Å²) >= 11 is 0. The number of hydrogen-bond acceptors (Lipinski definition) is 7. The van der Waals surface area contributed by atoms with Gasteiger partial charge >= 0.3 is 6.09 Å². The molecule has 2 saturated carbocycles. The highest BCUT2D eigenvalue weighted by molar-refractivity contribution is 7.89. The zero-order valence-electron chi connectivity index (χ0n) is 19.6. The number of carbonyl (C=O) groups excluding carboxylic acids is 1. The number of fused-ring (bicyclic) bond motifs is 1. The molecule has 1 N–H and O–H groups in total. The standard InChI is InChI=1S/C22H32F2N4O5S/c1-13(2)33-21(29)28-14(3)6-18(27-34(30,31)12-23)19(28)11-32-17-4-5-22(8-15(22)7-17)20-25-9-16(24)10-26-20/h9-10,13-15,17-19,27H,4-8,11-12H2,1-3H3/t14-,15+,17-,18+,19+,22+/m1/s1. The Balaban J connectivity index is 1.41. The fourth-order valence-corrected chi connectivity index (χ4v) is 6.29. The second kappa shape index (κ2) is 9.62. The summed E-state index contributed by atoms with van der Waals surface area (Å²) in [6.07, 6.45) is 5.03. The summed E-state index contributed by atoms with van der Waals surface area (Å²) in [7, 11) is -4.11. The molecule has 190 valence electrons. The molecular weight excluding hydrogens is 470 g/mol. The molecule has 1 aromatic rings. The number of likely N-dealkylation sites (tertiary alicyclic amines) is 1. The molecule has 0 unspecified atom stereocenters. The second-order valence-corrected chi connectivity index (χ2v) is 11.6. The lowest BCUT2D eigenvalue weighted by molar-refractivity contribution is -0.0147. The smallest absolute Gasteiger partial charge is 0.410 e.